The molecule has 1 aromatic carbocycles. The van der Waals surface area contributed by atoms with Gasteiger partial charge >= 0.3 is 0 Å². The monoisotopic (exact) mass is 285 g/mol. The molecule has 0 aromatic heterocycles. The molecule has 1 saturated carbocycles. The molecule has 1 atom stereocenters. The van der Waals surface area contributed by atoms with Crippen LogP contribution in [0, 0.1) is 28.1 Å². The van der Waals surface area contributed by atoms with Crippen molar-refractivity contribution in [3.05, 3.63) is 23.8 Å². The van der Waals surface area contributed by atoms with Crippen molar-refractivity contribution in [2.75, 3.05) is 6.79 Å². The number of carbonyl (C=O) groups excluding carboxylic acids is 1. The van der Waals surface area contributed by atoms with E-state index < -0.39 is 5.92 Å². The normalized spacial score (nSPS) is 22.4. The molecule has 4 heteroatoms. The van der Waals surface area contributed by atoms with Gasteiger partial charge in [-0.2, -0.15) is 5.26 Å². The van der Waals surface area contributed by atoms with Crippen molar-refractivity contribution in [3.8, 4) is 17.6 Å². The SMILES string of the molecule is CC1(C)C(C(=O)C(C#N)c2ccc3c(c2)OCO3)C1(C)C. The molecule has 0 amide bonds. The van der Waals surface area contributed by atoms with Gasteiger partial charge in [0.25, 0.3) is 0 Å². The molecule has 110 valence electrons. The first-order chi connectivity index (χ1) is 9.80. The number of Topliss-reactive ketones (excluding diaryl/α,β-unsaturated/α-hetero) is 1. The number of nitrogens with zero attached hydrogens (tertiary/aromatic N) is 1. The van der Waals surface area contributed by atoms with E-state index in [1.807, 2.05) is 0 Å². The smallest absolute Gasteiger partial charge is 0.231 e. The molecule has 1 aliphatic carbocycles. The third-order valence-electron chi connectivity index (χ3n) is 5.45. The van der Waals surface area contributed by atoms with E-state index in [2.05, 4.69) is 33.8 Å². The van der Waals surface area contributed by atoms with Crippen molar-refractivity contribution in [1.29, 1.82) is 5.26 Å². The van der Waals surface area contributed by atoms with Gasteiger partial charge in [0.2, 0.25) is 6.79 Å². The van der Waals surface area contributed by atoms with Crippen molar-refractivity contribution in [2.24, 2.45) is 16.7 Å². The average molecular weight is 285 g/mol. The summed E-state index contributed by atoms with van der Waals surface area (Å²) in [6.07, 6.45) is 0. The van der Waals surface area contributed by atoms with Crippen LogP contribution in [0.15, 0.2) is 18.2 Å². The Labute approximate surface area is 124 Å². The van der Waals surface area contributed by atoms with E-state index in [9.17, 15) is 10.1 Å². The Morgan fingerprint density at radius 3 is 2.43 bits per heavy atom. The molecule has 0 N–H and O–H groups in total. The lowest BCUT2D eigenvalue weighted by Gasteiger charge is -2.10. The van der Waals surface area contributed by atoms with Crippen molar-refractivity contribution in [3.63, 3.8) is 0 Å². The Kier molecular flexibility index (Phi) is 2.81. The number of hydrogen-bond donors (Lipinski definition) is 0. The first-order valence-electron chi connectivity index (χ1n) is 7.13. The highest BCUT2D eigenvalue weighted by molar-refractivity contribution is 5.94. The summed E-state index contributed by atoms with van der Waals surface area (Å²) in [7, 11) is 0. The molecule has 1 aromatic rings. The van der Waals surface area contributed by atoms with Gasteiger partial charge in [-0.3, -0.25) is 4.79 Å². The highest BCUT2D eigenvalue weighted by Gasteiger charge is 2.68. The maximum Gasteiger partial charge on any atom is 0.231 e. The van der Waals surface area contributed by atoms with E-state index in [1.54, 1.807) is 18.2 Å². The van der Waals surface area contributed by atoms with Crippen LogP contribution < -0.4 is 9.47 Å². The number of carbonyl (C=O) groups is 1. The number of fused-ring (bicyclic) bond motifs is 1. The number of benzene rings is 1. The van der Waals surface area contributed by atoms with Crippen molar-refractivity contribution in [2.45, 2.75) is 33.6 Å². The number of hydrogen-bond acceptors (Lipinski definition) is 4. The van der Waals surface area contributed by atoms with Gasteiger partial charge in [-0.1, -0.05) is 33.8 Å². The highest BCUT2D eigenvalue weighted by atomic mass is 16.7. The van der Waals surface area contributed by atoms with E-state index in [4.69, 9.17) is 9.47 Å². The Morgan fingerprint density at radius 1 is 1.24 bits per heavy atom. The van der Waals surface area contributed by atoms with E-state index in [0.717, 1.165) is 0 Å². The molecule has 0 radical (unpaired) electrons. The minimum absolute atomic E-state index is 0.00589. The molecule has 0 saturated heterocycles. The zero-order valence-electron chi connectivity index (χ0n) is 12.8. The minimum Gasteiger partial charge on any atom is -0.454 e. The Bertz CT molecular complexity index is 640. The maximum absolute atomic E-state index is 12.8. The molecule has 0 bridgehead atoms. The zero-order chi connectivity index (χ0) is 15.4. The summed E-state index contributed by atoms with van der Waals surface area (Å²) in [5.41, 5.74) is 0.565. The summed E-state index contributed by atoms with van der Waals surface area (Å²) in [5.74, 6) is 0.446. The summed E-state index contributed by atoms with van der Waals surface area (Å²) in [6.45, 7) is 8.53. The summed E-state index contributed by atoms with van der Waals surface area (Å²) in [5, 5.41) is 9.47. The van der Waals surface area contributed by atoms with Crippen LogP contribution in [-0.2, 0) is 4.79 Å². The lowest BCUT2D eigenvalue weighted by molar-refractivity contribution is -0.121. The molecule has 0 spiro atoms. The average Bonchev–Trinajstić information content (AvgIpc) is 2.76. The van der Waals surface area contributed by atoms with Crippen LogP contribution in [0.25, 0.3) is 0 Å². The second-order valence-corrected chi connectivity index (χ2v) is 6.95. The number of nitriles is 1. The molecule has 4 nitrogen and oxygen atoms in total. The third kappa shape index (κ3) is 1.84. The van der Waals surface area contributed by atoms with Crippen LogP contribution in [0.5, 0.6) is 11.5 Å². The van der Waals surface area contributed by atoms with Crippen LogP contribution >= 0.6 is 0 Å². The van der Waals surface area contributed by atoms with Crippen molar-refractivity contribution < 1.29 is 14.3 Å². The minimum atomic E-state index is -0.745. The molecular weight excluding hydrogens is 266 g/mol. The molecule has 21 heavy (non-hydrogen) atoms. The van der Waals surface area contributed by atoms with Gasteiger partial charge in [-0.05, 0) is 28.5 Å². The second kappa shape index (κ2) is 4.24. The van der Waals surface area contributed by atoms with Gasteiger partial charge in [0, 0.05) is 5.92 Å². The van der Waals surface area contributed by atoms with Gasteiger partial charge in [-0.15, -0.1) is 0 Å². The topological polar surface area (TPSA) is 59.3 Å². The lowest BCUT2D eigenvalue weighted by Crippen LogP contribution is -2.16. The number of rotatable bonds is 3. The van der Waals surface area contributed by atoms with Crippen molar-refractivity contribution >= 4 is 5.78 Å². The van der Waals surface area contributed by atoms with E-state index in [1.165, 1.54) is 0 Å². The van der Waals surface area contributed by atoms with E-state index in [-0.39, 0.29) is 29.3 Å². The van der Waals surface area contributed by atoms with E-state index >= 15 is 0 Å². The molecule has 2 aliphatic rings. The van der Waals surface area contributed by atoms with Crippen LogP contribution in [0.1, 0.15) is 39.2 Å². The summed E-state index contributed by atoms with van der Waals surface area (Å²) in [6, 6.07) is 7.45. The predicted octanol–water partition coefficient (Wildman–Crippen LogP) is 3.27. The lowest BCUT2D eigenvalue weighted by atomic mass is 9.90. The third-order valence-corrected chi connectivity index (χ3v) is 5.45. The maximum atomic E-state index is 12.8. The molecule has 1 unspecified atom stereocenters. The van der Waals surface area contributed by atoms with Crippen LogP contribution in [0.4, 0.5) is 0 Å². The predicted molar refractivity (Wildman–Crippen MR) is 77.0 cm³/mol. The first-order valence-corrected chi connectivity index (χ1v) is 7.13. The fourth-order valence-electron chi connectivity index (χ4n) is 3.47. The summed E-state index contributed by atoms with van der Waals surface area (Å²) < 4.78 is 10.6. The second-order valence-electron chi connectivity index (χ2n) is 6.95. The zero-order valence-corrected chi connectivity index (χ0v) is 12.8. The molecule has 1 aliphatic heterocycles. The summed E-state index contributed by atoms with van der Waals surface area (Å²) in [4.78, 5) is 12.8. The Balaban J connectivity index is 1.90. The van der Waals surface area contributed by atoms with Crippen LogP contribution in [0.3, 0.4) is 0 Å². The fourth-order valence-corrected chi connectivity index (χ4v) is 3.47. The standard InChI is InChI=1S/C17H19NO3/c1-16(2)15(17(16,3)4)14(19)11(8-18)10-5-6-12-13(7-10)21-9-20-12/h5-7,11,15H,9H2,1-4H3. The molecular formula is C17H19NO3. The van der Waals surface area contributed by atoms with Gasteiger partial charge in [0.05, 0.1) is 6.07 Å². The molecule has 3 rings (SSSR count). The quantitative estimate of drug-likeness (QED) is 0.855. The number of ketones is 1. The van der Waals surface area contributed by atoms with Crippen LogP contribution in [-0.4, -0.2) is 12.6 Å². The van der Waals surface area contributed by atoms with E-state index in [0.29, 0.717) is 17.1 Å². The number of ether oxygens (including phenoxy) is 2. The highest BCUT2D eigenvalue weighted by Crippen LogP contribution is 2.69. The van der Waals surface area contributed by atoms with Gasteiger partial charge < -0.3 is 9.47 Å². The molecule has 1 fully saturated rings. The van der Waals surface area contributed by atoms with Crippen molar-refractivity contribution in [1.82, 2.24) is 0 Å². The first kappa shape index (κ1) is 13.9. The fraction of sp³-hybridized carbons (Fsp3) is 0.529. The largest absolute Gasteiger partial charge is 0.454 e. The van der Waals surface area contributed by atoms with Gasteiger partial charge in [-0.25, -0.2) is 0 Å². The Hall–Kier alpha value is -2.02. The summed E-state index contributed by atoms with van der Waals surface area (Å²) >= 11 is 0. The Morgan fingerprint density at radius 2 is 1.86 bits per heavy atom. The molecule has 1 heterocycles. The van der Waals surface area contributed by atoms with Gasteiger partial charge in [0.1, 0.15) is 5.92 Å². The van der Waals surface area contributed by atoms with Gasteiger partial charge in [0.15, 0.2) is 17.3 Å². The van der Waals surface area contributed by atoms with Crippen LogP contribution in [0.2, 0.25) is 0 Å².